The van der Waals surface area contributed by atoms with Crippen molar-refractivity contribution in [1.82, 2.24) is 15.2 Å². The summed E-state index contributed by atoms with van der Waals surface area (Å²) in [5.74, 6) is 0.0911. The van der Waals surface area contributed by atoms with E-state index in [0.717, 1.165) is 0 Å². The number of sulfonamides is 1. The van der Waals surface area contributed by atoms with Gasteiger partial charge in [0.15, 0.2) is 5.82 Å². The molecule has 0 bridgehead atoms. The highest BCUT2D eigenvalue weighted by molar-refractivity contribution is 7.93. The number of pyridine rings is 1. The normalized spacial score (nSPS) is 11.7. The van der Waals surface area contributed by atoms with Crippen LogP contribution in [0.3, 0.4) is 0 Å². The Labute approximate surface area is 121 Å². The molecular weight excluding hydrogens is 290 g/mol. The molecule has 0 saturated carbocycles. The maximum atomic E-state index is 12.5. The molecule has 0 aliphatic rings. The van der Waals surface area contributed by atoms with Gasteiger partial charge in [-0.1, -0.05) is 6.07 Å². The Bertz CT molecular complexity index is 912. The van der Waals surface area contributed by atoms with E-state index < -0.39 is 10.0 Å². The van der Waals surface area contributed by atoms with Crippen molar-refractivity contribution in [3.05, 3.63) is 42.2 Å². The standard InChI is InChI=1S/C13H13N5O2S/c1-8-12(14)13(17-16-8)18-21(19,20)11-6-2-5-10-9(11)4-3-7-15-10/h2-7H,14H2,1H3,(H2,16,17,18). The van der Waals surface area contributed by atoms with Gasteiger partial charge < -0.3 is 5.73 Å². The first kappa shape index (κ1) is 13.4. The van der Waals surface area contributed by atoms with Crippen LogP contribution in [0.25, 0.3) is 10.9 Å². The molecule has 7 nitrogen and oxygen atoms in total. The van der Waals surface area contributed by atoms with Crippen molar-refractivity contribution in [2.24, 2.45) is 0 Å². The zero-order chi connectivity index (χ0) is 15.0. The summed E-state index contributed by atoms with van der Waals surface area (Å²) in [6.45, 7) is 1.71. The number of aromatic nitrogens is 3. The summed E-state index contributed by atoms with van der Waals surface area (Å²) in [6, 6.07) is 8.30. The average Bonchev–Trinajstić information content (AvgIpc) is 2.78. The second kappa shape index (κ2) is 4.74. The minimum absolute atomic E-state index is 0.0911. The number of aromatic amines is 1. The lowest BCUT2D eigenvalue weighted by molar-refractivity contribution is 0.602. The van der Waals surface area contributed by atoms with Gasteiger partial charge in [0.05, 0.1) is 21.8 Å². The molecule has 0 fully saturated rings. The number of fused-ring (bicyclic) bond motifs is 1. The number of nitrogens with one attached hydrogen (secondary N) is 2. The molecule has 0 aliphatic heterocycles. The molecule has 0 aliphatic carbocycles. The monoisotopic (exact) mass is 303 g/mol. The van der Waals surface area contributed by atoms with Crippen LogP contribution in [0.2, 0.25) is 0 Å². The lowest BCUT2D eigenvalue weighted by Crippen LogP contribution is -2.14. The lowest BCUT2D eigenvalue weighted by atomic mass is 10.2. The Hall–Kier alpha value is -2.61. The third-order valence-electron chi connectivity index (χ3n) is 3.12. The van der Waals surface area contributed by atoms with Crippen LogP contribution >= 0.6 is 0 Å². The van der Waals surface area contributed by atoms with Gasteiger partial charge in [0.2, 0.25) is 0 Å². The van der Waals surface area contributed by atoms with Crippen LogP contribution in [0.15, 0.2) is 41.4 Å². The molecule has 2 heterocycles. The van der Waals surface area contributed by atoms with E-state index in [9.17, 15) is 8.42 Å². The van der Waals surface area contributed by atoms with Gasteiger partial charge in [0, 0.05) is 11.6 Å². The molecule has 0 saturated heterocycles. The minimum atomic E-state index is -3.80. The molecule has 2 aromatic heterocycles. The highest BCUT2D eigenvalue weighted by Crippen LogP contribution is 2.25. The van der Waals surface area contributed by atoms with Crippen LogP contribution in [-0.2, 0) is 10.0 Å². The van der Waals surface area contributed by atoms with Gasteiger partial charge in [-0.05, 0) is 31.2 Å². The van der Waals surface area contributed by atoms with Crippen LogP contribution < -0.4 is 10.5 Å². The maximum Gasteiger partial charge on any atom is 0.263 e. The van der Waals surface area contributed by atoms with Gasteiger partial charge in [-0.15, -0.1) is 0 Å². The number of anilines is 2. The van der Waals surface area contributed by atoms with Crippen molar-refractivity contribution in [2.75, 3.05) is 10.5 Å². The number of benzene rings is 1. The molecule has 1 aromatic carbocycles. The first-order chi connectivity index (χ1) is 9.99. The van der Waals surface area contributed by atoms with E-state index >= 15 is 0 Å². The molecule has 21 heavy (non-hydrogen) atoms. The number of H-pyrrole nitrogens is 1. The van der Waals surface area contributed by atoms with E-state index in [-0.39, 0.29) is 16.4 Å². The average molecular weight is 303 g/mol. The summed E-state index contributed by atoms with van der Waals surface area (Å²) in [5.41, 5.74) is 7.25. The molecule has 108 valence electrons. The number of aryl methyl sites for hydroxylation is 1. The fourth-order valence-corrected chi connectivity index (χ4v) is 3.25. The third kappa shape index (κ3) is 2.29. The predicted molar refractivity (Wildman–Crippen MR) is 80.3 cm³/mol. The van der Waals surface area contributed by atoms with E-state index in [1.54, 1.807) is 37.4 Å². The smallest absolute Gasteiger partial charge is 0.263 e. The fourth-order valence-electron chi connectivity index (χ4n) is 2.01. The topological polar surface area (TPSA) is 114 Å². The number of rotatable bonds is 3. The minimum Gasteiger partial charge on any atom is -0.394 e. The van der Waals surface area contributed by atoms with Gasteiger partial charge in [-0.3, -0.25) is 14.8 Å². The zero-order valence-corrected chi connectivity index (χ0v) is 12.0. The first-order valence-electron chi connectivity index (χ1n) is 6.16. The van der Waals surface area contributed by atoms with E-state index in [4.69, 9.17) is 5.73 Å². The van der Waals surface area contributed by atoms with E-state index in [1.807, 2.05) is 0 Å². The molecule has 3 rings (SSSR count). The molecule has 0 radical (unpaired) electrons. The molecular formula is C13H13N5O2S. The van der Waals surface area contributed by atoms with E-state index in [0.29, 0.717) is 16.6 Å². The van der Waals surface area contributed by atoms with Crippen molar-refractivity contribution in [3.8, 4) is 0 Å². The Balaban J connectivity index is 2.11. The van der Waals surface area contributed by atoms with Crippen molar-refractivity contribution in [1.29, 1.82) is 0 Å². The Morgan fingerprint density at radius 2 is 2.05 bits per heavy atom. The van der Waals surface area contributed by atoms with Crippen molar-refractivity contribution in [3.63, 3.8) is 0 Å². The summed E-state index contributed by atoms with van der Waals surface area (Å²) in [5, 5.41) is 7.02. The summed E-state index contributed by atoms with van der Waals surface area (Å²) >= 11 is 0. The van der Waals surface area contributed by atoms with E-state index in [1.165, 1.54) is 6.07 Å². The Morgan fingerprint density at radius 1 is 1.24 bits per heavy atom. The summed E-state index contributed by atoms with van der Waals surface area (Å²) in [7, 11) is -3.80. The van der Waals surface area contributed by atoms with Gasteiger partial charge in [-0.25, -0.2) is 8.42 Å². The van der Waals surface area contributed by atoms with Gasteiger partial charge in [-0.2, -0.15) is 5.10 Å². The van der Waals surface area contributed by atoms with Gasteiger partial charge in [0.25, 0.3) is 10.0 Å². The van der Waals surface area contributed by atoms with E-state index in [2.05, 4.69) is 19.9 Å². The SMILES string of the molecule is Cc1[nH]nc(NS(=O)(=O)c2cccc3ncccc23)c1N. The molecule has 0 spiro atoms. The van der Waals surface area contributed by atoms with Gasteiger partial charge >= 0.3 is 0 Å². The molecule has 8 heteroatoms. The molecule has 0 unspecified atom stereocenters. The lowest BCUT2D eigenvalue weighted by Gasteiger charge is -2.08. The van der Waals surface area contributed by atoms with Crippen molar-refractivity contribution < 1.29 is 8.42 Å². The fraction of sp³-hybridized carbons (Fsp3) is 0.0769. The molecule has 3 aromatic rings. The zero-order valence-electron chi connectivity index (χ0n) is 11.2. The second-order valence-electron chi connectivity index (χ2n) is 4.54. The predicted octanol–water partition coefficient (Wildman–Crippen LogP) is 1.65. The van der Waals surface area contributed by atoms with Crippen LogP contribution in [0.4, 0.5) is 11.5 Å². The summed E-state index contributed by atoms with van der Waals surface area (Å²) in [6.07, 6.45) is 1.61. The summed E-state index contributed by atoms with van der Waals surface area (Å²) in [4.78, 5) is 4.28. The number of nitrogens with two attached hydrogens (primary N) is 1. The highest BCUT2D eigenvalue weighted by Gasteiger charge is 2.20. The number of nitrogen functional groups attached to an aromatic ring is 1. The Morgan fingerprint density at radius 3 is 2.76 bits per heavy atom. The molecule has 4 N–H and O–H groups in total. The van der Waals surface area contributed by atoms with Crippen LogP contribution in [0.5, 0.6) is 0 Å². The molecule has 0 atom stereocenters. The Kier molecular flexibility index (Phi) is 3.02. The van der Waals surface area contributed by atoms with Crippen LogP contribution in [0.1, 0.15) is 5.69 Å². The van der Waals surface area contributed by atoms with Crippen LogP contribution in [0, 0.1) is 6.92 Å². The first-order valence-corrected chi connectivity index (χ1v) is 7.64. The summed E-state index contributed by atoms with van der Waals surface area (Å²) < 4.78 is 27.5. The van der Waals surface area contributed by atoms with Crippen molar-refractivity contribution in [2.45, 2.75) is 11.8 Å². The maximum absolute atomic E-state index is 12.5. The third-order valence-corrected chi connectivity index (χ3v) is 4.52. The number of hydrogen-bond acceptors (Lipinski definition) is 5. The number of nitrogens with zero attached hydrogens (tertiary/aromatic N) is 2. The largest absolute Gasteiger partial charge is 0.394 e. The number of hydrogen-bond donors (Lipinski definition) is 3. The van der Waals surface area contributed by atoms with Crippen molar-refractivity contribution >= 4 is 32.4 Å². The van der Waals surface area contributed by atoms with Crippen LogP contribution in [-0.4, -0.2) is 23.6 Å². The highest BCUT2D eigenvalue weighted by atomic mass is 32.2. The molecule has 0 amide bonds. The second-order valence-corrected chi connectivity index (χ2v) is 6.19. The quantitative estimate of drug-likeness (QED) is 0.680. The van der Waals surface area contributed by atoms with Gasteiger partial charge in [0.1, 0.15) is 0 Å².